The van der Waals surface area contributed by atoms with E-state index < -0.39 is 23.6 Å². The average Bonchev–Trinajstić information content (AvgIpc) is 3.28. The second kappa shape index (κ2) is 8.75. The first-order chi connectivity index (χ1) is 12.5. The van der Waals surface area contributed by atoms with E-state index in [4.69, 9.17) is 33.8 Å². The third-order valence-corrected chi connectivity index (χ3v) is 4.19. The minimum absolute atomic E-state index is 0.293. The van der Waals surface area contributed by atoms with Gasteiger partial charge in [-0.1, -0.05) is 6.08 Å². The van der Waals surface area contributed by atoms with Gasteiger partial charge in [0.1, 0.15) is 43.3 Å². The van der Waals surface area contributed by atoms with E-state index in [0.29, 0.717) is 57.5 Å². The largest absolute Gasteiger partial charge is 0.532 e. The lowest BCUT2D eigenvalue weighted by Gasteiger charge is -2.30. The number of rotatable bonds is 4. The van der Waals surface area contributed by atoms with E-state index in [-0.39, 0.29) is 0 Å². The molecule has 11 heteroatoms. The maximum Gasteiger partial charge on any atom is 0.532 e. The quantitative estimate of drug-likeness (QED) is 0.526. The zero-order valence-electron chi connectivity index (χ0n) is 14.5. The lowest BCUT2D eigenvalue weighted by atomic mass is 9.79. The second-order valence-electron chi connectivity index (χ2n) is 6.22. The summed E-state index contributed by atoms with van der Waals surface area (Å²) < 4.78 is 5.23. The molecule has 0 spiro atoms. The van der Waals surface area contributed by atoms with Crippen molar-refractivity contribution in [3.8, 4) is 0 Å². The van der Waals surface area contributed by atoms with Crippen LogP contribution < -0.4 is 0 Å². The van der Waals surface area contributed by atoms with Crippen molar-refractivity contribution in [1.82, 2.24) is 10.8 Å². The van der Waals surface area contributed by atoms with Gasteiger partial charge in [0.15, 0.2) is 0 Å². The predicted octanol–water partition coefficient (Wildman–Crippen LogP) is 1.38. The van der Waals surface area contributed by atoms with Crippen LogP contribution in [-0.2, 0) is 38.6 Å². The Labute approximate surface area is 150 Å². The Kier molecular flexibility index (Phi) is 6.40. The van der Waals surface area contributed by atoms with Gasteiger partial charge in [-0.2, -0.15) is 0 Å². The predicted molar refractivity (Wildman–Crippen MR) is 80.6 cm³/mol. The standard InChI is InChI=1S/C15H22N2O9/c1-15(13(18)25-16-20-8-9-21-16)6-3-2-4-12(5-7-15)24-14(19)26-17-22-10-11-23-17/h2,4,12H,3,5-11H2,1H3/b4-2+. The fourth-order valence-corrected chi connectivity index (χ4v) is 2.65. The van der Waals surface area contributed by atoms with Gasteiger partial charge in [-0.15, -0.1) is 0 Å². The molecule has 0 radical (unpaired) electrons. The Bertz CT molecular complexity index is 531. The van der Waals surface area contributed by atoms with Crippen LogP contribution in [0.5, 0.6) is 0 Å². The van der Waals surface area contributed by atoms with Crippen molar-refractivity contribution in [2.45, 2.75) is 38.7 Å². The second-order valence-corrected chi connectivity index (χ2v) is 6.22. The van der Waals surface area contributed by atoms with Gasteiger partial charge in [0, 0.05) is 0 Å². The molecule has 0 saturated carbocycles. The van der Waals surface area contributed by atoms with E-state index in [1.165, 1.54) is 0 Å². The maximum atomic E-state index is 12.5. The Hall–Kier alpha value is -1.76. The Morgan fingerprint density at radius 1 is 1.00 bits per heavy atom. The van der Waals surface area contributed by atoms with Crippen LogP contribution >= 0.6 is 0 Å². The number of hydrogen-bond donors (Lipinski definition) is 0. The molecule has 0 aromatic carbocycles. The first-order valence-electron chi connectivity index (χ1n) is 8.45. The first-order valence-corrected chi connectivity index (χ1v) is 8.45. The Balaban J connectivity index is 1.50. The van der Waals surface area contributed by atoms with Crippen molar-refractivity contribution >= 4 is 12.1 Å². The highest BCUT2D eigenvalue weighted by molar-refractivity contribution is 5.76. The van der Waals surface area contributed by atoms with Crippen molar-refractivity contribution in [3.63, 3.8) is 0 Å². The van der Waals surface area contributed by atoms with Crippen molar-refractivity contribution in [2.24, 2.45) is 5.41 Å². The van der Waals surface area contributed by atoms with Crippen LogP contribution in [0.1, 0.15) is 32.6 Å². The Morgan fingerprint density at radius 3 is 2.27 bits per heavy atom. The minimum Gasteiger partial charge on any atom is -0.425 e. The van der Waals surface area contributed by atoms with Gasteiger partial charge in [-0.05, 0) is 38.7 Å². The van der Waals surface area contributed by atoms with Crippen molar-refractivity contribution in [2.75, 3.05) is 26.4 Å². The number of ether oxygens (including phenoxy) is 1. The average molecular weight is 374 g/mol. The molecule has 2 unspecified atom stereocenters. The summed E-state index contributed by atoms with van der Waals surface area (Å²) in [5.41, 5.74) is -0.771. The van der Waals surface area contributed by atoms with E-state index in [1.807, 2.05) is 6.08 Å². The van der Waals surface area contributed by atoms with Gasteiger partial charge in [0.2, 0.25) is 0 Å². The van der Waals surface area contributed by atoms with Crippen LogP contribution in [0.4, 0.5) is 4.79 Å². The highest BCUT2D eigenvalue weighted by Gasteiger charge is 2.38. The van der Waals surface area contributed by atoms with Gasteiger partial charge < -0.3 is 9.57 Å². The summed E-state index contributed by atoms with van der Waals surface area (Å²) in [6.45, 7) is 3.04. The maximum absolute atomic E-state index is 12.5. The number of allylic oxidation sites excluding steroid dienone is 1. The molecular weight excluding hydrogens is 352 g/mol. The van der Waals surface area contributed by atoms with Gasteiger partial charge in [0.05, 0.1) is 5.41 Å². The molecule has 2 fully saturated rings. The van der Waals surface area contributed by atoms with E-state index in [1.54, 1.807) is 13.0 Å². The summed E-state index contributed by atoms with van der Waals surface area (Å²) in [4.78, 5) is 53.8. The number of nitrogens with zero attached hydrogens (tertiary/aromatic N) is 2. The van der Waals surface area contributed by atoms with Crippen LogP contribution in [0.2, 0.25) is 0 Å². The van der Waals surface area contributed by atoms with Crippen LogP contribution in [0.15, 0.2) is 12.2 Å². The van der Waals surface area contributed by atoms with Gasteiger partial charge >= 0.3 is 12.1 Å². The van der Waals surface area contributed by atoms with E-state index in [9.17, 15) is 9.59 Å². The summed E-state index contributed by atoms with van der Waals surface area (Å²) in [5, 5.41) is 1.36. The van der Waals surface area contributed by atoms with Gasteiger partial charge in [-0.25, -0.2) is 28.9 Å². The smallest absolute Gasteiger partial charge is 0.425 e. The van der Waals surface area contributed by atoms with Gasteiger partial charge in [0.25, 0.3) is 0 Å². The third kappa shape index (κ3) is 5.13. The summed E-state index contributed by atoms with van der Waals surface area (Å²) in [5.74, 6) is -0.463. The molecule has 2 atom stereocenters. The molecular formula is C15H22N2O9. The molecule has 2 heterocycles. The summed E-state index contributed by atoms with van der Waals surface area (Å²) >= 11 is 0. The van der Waals surface area contributed by atoms with Crippen molar-refractivity contribution in [3.05, 3.63) is 12.2 Å². The number of carbonyl (C=O) groups is 2. The molecule has 2 aliphatic heterocycles. The number of carbonyl (C=O) groups excluding carboxylic acids is 2. The lowest BCUT2D eigenvalue weighted by Crippen LogP contribution is -2.36. The zero-order chi connectivity index (χ0) is 18.4. The SMILES string of the molecule is CC1(C(=O)ON2OCCO2)CC/C=C/C(OC(=O)ON2OCCO2)CC1. The first kappa shape index (κ1) is 19.0. The van der Waals surface area contributed by atoms with Crippen LogP contribution in [0.25, 0.3) is 0 Å². The fourth-order valence-electron chi connectivity index (χ4n) is 2.65. The van der Waals surface area contributed by atoms with Crippen LogP contribution in [0, 0.1) is 5.41 Å². The molecule has 26 heavy (non-hydrogen) atoms. The van der Waals surface area contributed by atoms with Gasteiger partial charge in [-0.3, -0.25) is 4.84 Å². The molecule has 146 valence electrons. The molecule has 11 nitrogen and oxygen atoms in total. The fraction of sp³-hybridized carbons (Fsp3) is 0.733. The van der Waals surface area contributed by atoms with Crippen LogP contribution in [0.3, 0.4) is 0 Å². The number of hydrogen-bond acceptors (Lipinski definition) is 11. The highest BCUT2D eigenvalue weighted by Crippen LogP contribution is 2.34. The topological polar surface area (TPSA) is 105 Å². The summed E-state index contributed by atoms with van der Waals surface area (Å²) in [7, 11) is 0. The normalized spacial score (nSPS) is 31.8. The van der Waals surface area contributed by atoms with Crippen molar-refractivity contribution in [1.29, 1.82) is 0 Å². The van der Waals surface area contributed by atoms with Crippen LogP contribution in [-0.4, -0.2) is 55.4 Å². The van der Waals surface area contributed by atoms with E-state index in [2.05, 4.69) is 0 Å². The molecule has 0 aromatic heterocycles. The summed E-state index contributed by atoms with van der Waals surface area (Å²) in [6, 6.07) is 0. The van der Waals surface area contributed by atoms with E-state index in [0.717, 1.165) is 5.39 Å². The molecule has 1 aliphatic carbocycles. The van der Waals surface area contributed by atoms with E-state index >= 15 is 0 Å². The third-order valence-electron chi connectivity index (χ3n) is 4.19. The molecule has 3 rings (SSSR count). The lowest BCUT2D eigenvalue weighted by molar-refractivity contribution is -0.462. The minimum atomic E-state index is -0.953. The Morgan fingerprint density at radius 2 is 1.62 bits per heavy atom. The molecule has 0 aromatic rings. The monoisotopic (exact) mass is 374 g/mol. The highest BCUT2D eigenvalue weighted by atomic mass is 17.2. The molecule has 0 N–H and O–H groups in total. The molecule has 2 saturated heterocycles. The summed E-state index contributed by atoms with van der Waals surface area (Å²) in [6.07, 6.45) is 4.20. The van der Waals surface area contributed by atoms with Crippen molar-refractivity contribution < 1.29 is 43.4 Å². The molecule has 0 bridgehead atoms. The molecule has 0 amide bonds. The molecule has 3 aliphatic rings. The zero-order valence-corrected chi connectivity index (χ0v) is 14.5.